The van der Waals surface area contributed by atoms with Crippen molar-refractivity contribution in [2.24, 2.45) is 5.73 Å². The first-order valence-corrected chi connectivity index (χ1v) is 11.1. The number of fused-ring (bicyclic) bond motifs is 1. The van der Waals surface area contributed by atoms with Gasteiger partial charge in [-0.05, 0) is 28.5 Å². The van der Waals surface area contributed by atoms with Crippen LogP contribution in [0, 0.1) is 0 Å². The highest BCUT2D eigenvalue weighted by Crippen LogP contribution is 2.35. The van der Waals surface area contributed by atoms with Crippen molar-refractivity contribution in [3.8, 4) is 5.75 Å². The van der Waals surface area contributed by atoms with Crippen molar-refractivity contribution in [3.05, 3.63) is 71.8 Å². The summed E-state index contributed by atoms with van der Waals surface area (Å²) in [7, 11) is 1.75. The van der Waals surface area contributed by atoms with Gasteiger partial charge in [-0.2, -0.15) is 0 Å². The van der Waals surface area contributed by atoms with Gasteiger partial charge in [0.2, 0.25) is 0 Å². The van der Waals surface area contributed by atoms with Crippen LogP contribution in [0.15, 0.2) is 65.6 Å². The lowest BCUT2D eigenvalue weighted by atomic mass is 10.0. The van der Waals surface area contributed by atoms with E-state index in [2.05, 4.69) is 65.6 Å². The molecule has 0 saturated carbocycles. The Kier molecular flexibility index (Phi) is 6.72. The first kappa shape index (κ1) is 20.2. The van der Waals surface area contributed by atoms with Gasteiger partial charge in [-0.15, -0.1) is 11.8 Å². The Hall–Kier alpha value is -2.05. The molecular weight excluding hydrogens is 380 g/mol. The Labute approximate surface area is 177 Å². The number of hydrogen-bond donors (Lipinski definition) is 1. The summed E-state index contributed by atoms with van der Waals surface area (Å²) in [6.45, 7) is 4.10. The Morgan fingerprint density at radius 3 is 2.79 bits per heavy atom. The number of benzene rings is 3. The number of nitrogens with zero attached hydrogens (tertiary/aromatic N) is 1. The molecule has 1 heterocycles. The van der Waals surface area contributed by atoms with Gasteiger partial charge in [0.15, 0.2) is 0 Å². The molecule has 1 fully saturated rings. The summed E-state index contributed by atoms with van der Waals surface area (Å²) in [6, 6.07) is 21.4. The van der Waals surface area contributed by atoms with Crippen LogP contribution in [0.3, 0.4) is 0 Å². The zero-order valence-electron chi connectivity index (χ0n) is 16.8. The Bertz CT molecular complexity index is 963. The molecule has 5 heteroatoms. The van der Waals surface area contributed by atoms with Crippen molar-refractivity contribution in [2.45, 2.75) is 23.3 Å². The minimum atomic E-state index is 0.142. The third kappa shape index (κ3) is 4.75. The fourth-order valence-corrected chi connectivity index (χ4v) is 4.98. The predicted octanol–water partition coefficient (Wildman–Crippen LogP) is 4.30. The fraction of sp³-hybridized carbons (Fsp3) is 0.333. The zero-order valence-corrected chi connectivity index (χ0v) is 17.7. The molecule has 1 aliphatic rings. The number of methoxy groups -OCH3 is 1. The molecule has 1 saturated heterocycles. The number of thioether (sulfide) groups is 1. The highest BCUT2D eigenvalue weighted by atomic mass is 32.2. The Balaban J connectivity index is 1.53. The van der Waals surface area contributed by atoms with E-state index in [0.29, 0.717) is 6.54 Å². The fourth-order valence-electron chi connectivity index (χ4n) is 3.89. The van der Waals surface area contributed by atoms with Gasteiger partial charge in [0.05, 0.1) is 19.8 Å². The predicted molar refractivity (Wildman–Crippen MR) is 121 cm³/mol. The van der Waals surface area contributed by atoms with Crippen molar-refractivity contribution < 1.29 is 9.47 Å². The van der Waals surface area contributed by atoms with Gasteiger partial charge >= 0.3 is 0 Å². The third-order valence-corrected chi connectivity index (χ3v) is 6.58. The molecule has 0 radical (unpaired) electrons. The highest BCUT2D eigenvalue weighted by Gasteiger charge is 2.20. The van der Waals surface area contributed by atoms with E-state index in [1.54, 1.807) is 7.11 Å². The molecule has 29 heavy (non-hydrogen) atoms. The molecular formula is C24H28N2O2S. The average molecular weight is 409 g/mol. The highest BCUT2D eigenvalue weighted by molar-refractivity contribution is 7.98. The van der Waals surface area contributed by atoms with Crippen LogP contribution in [0.2, 0.25) is 0 Å². The van der Waals surface area contributed by atoms with E-state index in [1.165, 1.54) is 26.8 Å². The minimum Gasteiger partial charge on any atom is -0.496 e. The number of morpholine rings is 1. The summed E-state index contributed by atoms with van der Waals surface area (Å²) in [5, 5.41) is 2.51. The minimum absolute atomic E-state index is 0.142. The summed E-state index contributed by atoms with van der Waals surface area (Å²) in [5.74, 6) is 1.82. The van der Waals surface area contributed by atoms with E-state index in [9.17, 15) is 0 Å². The maximum atomic E-state index is 5.81. The Morgan fingerprint density at radius 2 is 1.93 bits per heavy atom. The van der Waals surface area contributed by atoms with Gasteiger partial charge < -0.3 is 15.2 Å². The van der Waals surface area contributed by atoms with Gasteiger partial charge in [-0.1, -0.05) is 48.5 Å². The smallest absolute Gasteiger partial charge is 0.123 e. The molecule has 0 spiro atoms. The topological polar surface area (TPSA) is 47.7 Å². The van der Waals surface area contributed by atoms with Crippen molar-refractivity contribution in [2.75, 3.05) is 33.4 Å². The molecule has 0 bridgehead atoms. The standard InChI is InChI=1S/C24H28N2O2S/c1-27-23-11-10-18-6-2-4-8-21(18)22(23)17-29-24-9-5-3-7-19(24)15-26-12-13-28-20(14-25)16-26/h2-11,20H,12-17,25H2,1H3. The van der Waals surface area contributed by atoms with Crippen LogP contribution in [-0.2, 0) is 17.0 Å². The number of ether oxygens (including phenoxy) is 2. The second-order valence-corrected chi connectivity index (χ2v) is 8.34. The van der Waals surface area contributed by atoms with Gasteiger partial charge in [-0.3, -0.25) is 4.90 Å². The molecule has 4 nitrogen and oxygen atoms in total. The van der Waals surface area contributed by atoms with Crippen molar-refractivity contribution in [3.63, 3.8) is 0 Å². The summed E-state index contributed by atoms with van der Waals surface area (Å²) >= 11 is 1.88. The van der Waals surface area contributed by atoms with Gasteiger partial charge in [-0.25, -0.2) is 0 Å². The van der Waals surface area contributed by atoms with Crippen LogP contribution in [-0.4, -0.2) is 44.4 Å². The van der Waals surface area contributed by atoms with E-state index in [1.807, 2.05) is 11.8 Å². The average Bonchev–Trinajstić information content (AvgIpc) is 2.78. The van der Waals surface area contributed by atoms with Crippen LogP contribution in [0.1, 0.15) is 11.1 Å². The monoisotopic (exact) mass is 408 g/mol. The van der Waals surface area contributed by atoms with Crippen LogP contribution in [0.25, 0.3) is 10.8 Å². The maximum Gasteiger partial charge on any atom is 0.123 e. The van der Waals surface area contributed by atoms with E-state index < -0.39 is 0 Å². The van der Waals surface area contributed by atoms with Crippen molar-refractivity contribution in [1.82, 2.24) is 4.90 Å². The maximum absolute atomic E-state index is 5.81. The molecule has 2 N–H and O–H groups in total. The molecule has 3 aromatic rings. The molecule has 1 aliphatic heterocycles. The lowest BCUT2D eigenvalue weighted by molar-refractivity contribution is -0.0262. The van der Waals surface area contributed by atoms with E-state index in [-0.39, 0.29) is 6.10 Å². The van der Waals surface area contributed by atoms with Gasteiger partial charge in [0, 0.05) is 42.4 Å². The summed E-state index contributed by atoms with van der Waals surface area (Å²) < 4.78 is 11.4. The van der Waals surface area contributed by atoms with Gasteiger partial charge in [0.1, 0.15) is 5.75 Å². The lowest BCUT2D eigenvalue weighted by Gasteiger charge is -2.32. The lowest BCUT2D eigenvalue weighted by Crippen LogP contribution is -2.45. The zero-order chi connectivity index (χ0) is 20.1. The molecule has 0 amide bonds. The first-order valence-electron chi connectivity index (χ1n) is 10.1. The third-order valence-electron chi connectivity index (χ3n) is 5.44. The molecule has 0 aromatic heterocycles. The van der Waals surface area contributed by atoms with E-state index in [0.717, 1.165) is 37.7 Å². The molecule has 3 aromatic carbocycles. The van der Waals surface area contributed by atoms with E-state index >= 15 is 0 Å². The normalized spacial score (nSPS) is 17.5. The quantitative estimate of drug-likeness (QED) is 0.591. The van der Waals surface area contributed by atoms with Gasteiger partial charge in [0.25, 0.3) is 0 Å². The molecule has 1 atom stereocenters. The largest absolute Gasteiger partial charge is 0.496 e. The van der Waals surface area contributed by atoms with Crippen LogP contribution in [0.4, 0.5) is 0 Å². The molecule has 152 valence electrons. The SMILES string of the molecule is COc1ccc2ccccc2c1CSc1ccccc1CN1CCOC(CN)C1. The summed E-state index contributed by atoms with van der Waals surface area (Å²) in [6.07, 6.45) is 0.142. The van der Waals surface area contributed by atoms with Crippen molar-refractivity contribution in [1.29, 1.82) is 0 Å². The number of hydrogen-bond acceptors (Lipinski definition) is 5. The molecule has 0 aliphatic carbocycles. The molecule has 1 unspecified atom stereocenters. The first-order chi connectivity index (χ1) is 14.3. The van der Waals surface area contributed by atoms with E-state index in [4.69, 9.17) is 15.2 Å². The molecule has 4 rings (SSSR count). The second-order valence-electron chi connectivity index (χ2n) is 7.33. The Morgan fingerprint density at radius 1 is 1.10 bits per heavy atom. The van der Waals surface area contributed by atoms with Crippen LogP contribution >= 0.6 is 11.8 Å². The summed E-state index contributed by atoms with van der Waals surface area (Å²) in [4.78, 5) is 3.76. The van der Waals surface area contributed by atoms with Crippen molar-refractivity contribution >= 4 is 22.5 Å². The number of nitrogens with two attached hydrogens (primary N) is 1. The summed E-state index contributed by atoms with van der Waals surface area (Å²) in [5.41, 5.74) is 8.41. The second kappa shape index (κ2) is 9.63. The number of rotatable bonds is 7. The van der Waals surface area contributed by atoms with Crippen LogP contribution < -0.4 is 10.5 Å². The van der Waals surface area contributed by atoms with Crippen LogP contribution in [0.5, 0.6) is 5.75 Å².